The van der Waals surface area contributed by atoms with Crippen LogP contribution in [-0.2, 0) is 7.05 Å². The summed E-state index contributed by atoms with van der Waals surface area (Å²) < 4.78 is 1.89. The number of carbonyl (C=O) groups is 1. The standard InChI is InChI=1S/C20H17ClN4O/c1-25-11-10-22-19(25)18(13-6-8-15(21)9-7-13)24-20(26)17-12-14-4-2-3-5-16(14)23-17/h2-12,18,23H,1H3,(H,24,26). The molecule has 0 spiro atoms. The van der Waals surface area contributed by atoms with E-state index >= 15 is 0 Å². The number of benzene rings is 2. The maximum absolute atomic E-state index is 12.9. The van der Waals surface area contributed by atoms with Crippen LogP contribution in [0.4, 0.5) is 0 Å². The molecule has 0 aliphatic heterocycles. The van der Waals surface area contributed by atoms with Crippen molar-refractivity contribution in [2.75, 3.05) is 0 Å². The molecule has 6 heteroatoms. The van der Waals surface area contributed by atoms with Gasteiger partial charge in [-0.3, -0.25) is 4.79 Å². The van der Waals surface area contributed by atoms with Crippen molar-refractivity contribution in [1.82, 2.24) is 19.9 Å². The van der Waals surface area contributed by atoms with Gasteiger partial charge in [0, 0.05) is 35.4 Å². The molecule has 1 amide bonds. The number of fused-ring (bicyclic) bond motifs is 1. The van der Waals surface area contributed by atoms with Crippen LogP contribution in [0.15, 0.2) is 67.0 Å². The minimum Gasteiger partial charge on any atom is -0.351 e. The number of hydrogen-bond donors (Lipinski definition) is 2. The lowest BCUT2D eigenvalue weighted by atomic mass is 10.1. The molecule has 0 radical (unpaired) electrons. The quantitative estimate of drug-likeness (QED) is 0.573. The van der Waals surface area contributed by atoms with Gasteiger partial charge in [0.25, 0.3) is 5.91 Å². The third-order valence-electron chi connectivity index (χ3n) is 4.37. The zero-order valence-electron chi connectivity index (χ0n) is 14.1. The molecule has 1 atom stereocenters. The van der Waals surface area contributed by atoms with Gasteiger partial charge >= 0.3 is 0 Å². The van der Waals surface area contributed by atoms with Crippen molar-refractivity contribution in [2.45, 2.75) is 6.04 Å². The summed E-state index contributed by atoms with van der Waals surface area (Å²) in [6.45, 7) is 0. The molecule has 0 fully saturated rings. The van der Waals surface area contributed by atoms with Crippen LogP contribution in [0.25, 0.3) is 10.9 Å². The average molecular weight is 365 g/mol. The van der Waals surface area contributed by atoms with E-state index < -0.39 is 0 Å². The van der Waals surface area contributed by atoms with Gasteiger partial charge in [-0.05, 0) is 29.8 Å². The summed E-state index contributed by atoms with van der Waals surface area (Å²) in [6.07, 6.45) is 3.57. The van der Waals surface area contributed by atoms with Crippen LogP contribution < -0.4 is 5.32 Å². The third-order valence-corrected chi connectivity index (χ3v) is 4.62. The number of rotatable bonds is 4. The molecule has 0 saturated carbocycles. The number of carbonyl (C=O) groups excluding carboxylic acids is 1. The predicted molar refractivity (Wildman–Crippen MR) is 102 cm³/mol. The Morgan fingerprint density at radius 3 is 2.65 bits per heavy atom. The van der Waals surface area contributed by atoms with Crippen LogP contribution in [0.3, 0.4) is 0 Å². The summed E-state index contributed by atoms with van der Waals surface area (Å²) in [6, 6.07) is 16.7. The zero-order chi connectivity index (χ0) is 18.1. The molecule has 26 heavy (non-hydrogen) atoms. The minimum absolute atomic E-state index is 0.191. The van der Waals surface area contributed by atoms with Gasteiger partial charge < -0.3 is 14.9 Å². The SMILES string of the molecule is Cn1ccnc1C(NC(=O)c1cc2ccccc2[nH]1)c1ccc(Cl)cc1. The number of nitrogens with zero attached hydrogens (tertiary/aromatic N) is 2. The molecular weight excluding hydrogens is 348 g/mol. The number of H-pyrrole nitrogens is 1. The van der Waals surface area contributed by atoms with Crippen molar-refractivity contribution in [1.29, 1.82) is 0 Å². The Labute approximate surface area is 155 Å². The Kier molecular flexibility index (Phi) is 4.22. The van der Waals surface area contributed by atoms with Gasteiger partial charge in [-0.15, -0.1) is 0 Å². The van der Waals surface area contributed by atoms with Crippen molar-refractivity contribution in [3.63, 3.8) is 0 Å². The first-order valence-corrected chi connectivity index (χ1v) is 8.61. The molecule has 0 bridgehead atoms. The molecule has 2 aromatic heterocycles. The molecule has 2 heterocycles. The molecule has 4 rings (SSSR count). The van der Waals surface area contributed by atoms with Crippen molar-refractivity contribution in [3.05, 3.63) is 89.1 Å². The maximum atomic E-state index is 12.9. The van der Waals surface area contributed by atoms with Crippen molar-refractivity contribution < 1.29 is 4.79 Å². The number of imidazole rings is 1. The molecule has 0 saturated heterocycles. The maximum Gasteiger partial charge on any atom is 0.268 e. The monoisotopic (exact) mass is 364 g/mol. The van der Waals surface area contributed by atoms with E-state index in [4.69, 9.17) is 11.6 Å². The largest absolute Gasteiger partial charge is 0.351 e. The van der Waals surface area contributed by atoms with E-state index in [1.807, 2.05) is 72.4 Å². The first-order valence-electron chi connectivity index (χ1n) is 8.23. The Hall–Kier alpha value is -3.05. The van der Waals surface area contributed by atoms with E-state index in [0.717, 1.165) is 22.3 Å². The van der Waals surface area contributed by atoms with Gasteiger partial charge in [-0.25, -0.2) is 4.98 Å². The second kappa shape index (κ2) is 6.69. The Morgan fingerprint density at radius 1 is 1.19 bits per heavy atom. The first kappa shape index (κ1) is 16.4. The minimum atomic E-state index is -0.383. The van der Waals surface area contributed by atoms with E-state index in [0.29, 0.717) is 10.7 Å². The lowest BCUT2D eigenvalue weighted by Crippen LogP contribution is -2.31. The summed E-state index contributed by atoms with van der Waals surface area (Å²) in [4.78, 5) is 20.4. The number of aryl methyl sites for hydroxylation is 1. The van der Waals surface area contributed by atoms with Crippen molar-refractivity contribution in [3.8, 4) is 0 Å². The number of para-hydroxylation sites is 1. The molecule has 0 aliphatic rings. The normalized spacial score (nSPS) is 12.2. The van der Waals surface area contributed by atoms with E-state index in [9.17, 15) is 4.79 Å². The van der Waals surface area contributed by atoms with E-state index in [1.54, 1.807) is 6.20 Å². The highest BCUT2D eigenvalue weighted by atomic mass is 35.5. The zero-order valence-corrected chi connectivity index (χ0v) is 14.9. The number of amides is 1. The number of aromatic nitrogens is 3. The molecule has 4 aromatic rings. The third kappa shape index (κ3) is 3.09. The Bertz CT molecular complexity index is 1030. The Morgan fingerprint density at radius 2 is 1.96 bits per heavy atom. The number of hydrogen-bond acceptors (Lipinski definition) is 2. The van der Waals surface area contributed by atoms with Crippen LogP contribution >= 0.6 is 11.6 Å². The van der Waals surface area contributed by atoms with Gasteiger partial charge in [-0.1, -0.05) is 41.9 Å². The van der Waals surface area contributed by atoms with Gasteiger partial charge in [-0.2, -0.15) is 0 Å². The summed E-state index contributed by atoms with van der Waals surface area (Å²) in [5, 5.41) is 4.72. The van der Waals surface area contributed by atoms with Crippen LogP contribution in [-0.4, -0.2) is 20.4 Å². The van der Waals surface area contributed by atoms with Gasteiger partial charge in [0.1, 0.15) is 17.6 Å². The highest BCUT2D eigenvalue weighted by Gasteiger charge is 2.22. The van der Waals surface area contributed by atoms with Gasteiger partial charge in [0.2, 0.25) is 0 Å². The van der Waals surface area contributed by atoms with Crippen LogP contribution in [0.5, 0.6) is 0 Å². The smallest absolute Gasteiger partial charge is 0.268 e. The van der Waals surface area contributed by atoms with Crippen LogP contribution in [0.2, 0.25) is 5.02 Å². The fourth-order valence-electron chi connectivity index (χ4n) is 3.01. The molecular formula is C20H17ClN4O. The van der Waals surface area contributed by atoms with Gasteiger partial charge in [0.15, 0.2) is 0 Å². The average Bonchev–Trinajstić information content (AvgIpc) is 3.26. The summed E-state index contributed by atoms with van der Waals surface area (Å²) >= 11 is 6.01. The molecule has 1 unspecified atom stereocenters. The topological polar surface area (TPSA) is 62.7 Å². The van der Waals surface area contributed by atoms with Crippen LogP contribution in [0.1, 0.15) is 27.9 Å². The lowest BCUT2D eigenvalue weighted by molar-refractivity contribution is 0.0937. The van der Waals surface area contributed by atoms with Crippen molar-refractivity contribution in [2.24, 2.45) is 7.05 Å². The highest BCUT2D eigenvalue weighted by Crippen LogP contribution is 2.23. The second-order valence-electron chi connectivity index (χ2n) is 6.12. The highest BCUT2D eigenvalue weighted by molar-refractivity contribution is 6.30. The van der Waals surface area contributed by atoms with E-state index in [2.05, 4.69) is 15.3 Å². The number of halogens is 1. The molecule has 130 valence electrons. The summed E-state index contributed by atoms with van der Waals surface area (Å²) in [5.41, 5.74) is 2.35. The fraction of sp³-hybridized carbons (Fsp3) is 0.100. The van der Waals surface area contributed by atoms with Gasteiger partial charge in [0.05, 0.1) is 0 Å². The van der Waals surface area contributed by atoms with Crippen molar-refractivity contribution >= 4 is 28.4 Å². The number of aromatic amines is 1. The molecule has 0 aliphatic carbocycles. The van der Waals surface area contributed by atoms with E-state index in [-0.39, 0.29) is 11.9 Å². The Balaban J connectivity index is 1.69. The fourth-order valence-corrected chi connectivity index (χ4v) is 3.14. The predicted octanol–water partition coefficient (Wildman–Crippen LogP) is 4.07. The lowest BCUT2D eigenvalue weighted by Gasteiger charge is -2.19. The van der Waals surface area contributed by atoms with E-state index in [1.165, 1.54) is 0 Å². The summed E-state index contributed by atoms with van der Waals surface area (Å²) in [7, 11) is 1.90. The second-order valence-corrected chi connectivity index (χ2v) is 6.56. The molecule has 5 nitrogen and oxygen atoms in total. The first-order chi connectivity index (χ1) is 12.6. The number of nitrogens with one attached hydrogen (secondary N) is 2. The van der Waals surface area contributed by atoms with Crippen LogP contribution in [0, 0.1) is 0 Å². The summed E-state index contributed by atoms with van der Waals surface area (Å²) in [5.74, 6) is 0.556. The molecule has 2 aromatic carbocycles. The molecule has 2 N–H and O–H groups in total.